The number of aryl methyl sites for hydroxylation is 1. The van der Waals surface area contributed by atoms with Crippen LogP contribution in [0.15, 0.2) is 22.6 Å². The van der Waals surface area contributed by atoms with Crippen LogP contribution in [-0.4, -0.2) is 26.2 Å². The summed E-state index contributed by atoms with van der Waals surface area (Å²) in [4.78, 5) is 20.6. The van der Waals surface area contributed by atoms with Crippen molar-refractivity contribution in [2.75, 3.05) is 0 Å². The van der Waals surface area contributed by atoms with E-state index in [9.17, 15) is 19.3 Å². The van der Waals surface area contributed by atoms with E-state index in [4.69, 9.17) is 9.52 Å². The van der Waals surface area contributed by atoms with Crippen molar-refractivity contribution in [1.82, 2.24) is 10.2 Å². The minimum absolute atomic E-state index is 0.0577. The Morgan fingerprint density at radius 2 is 2.19 bits per heavy atom. The molecule has 0 saturated heterocycles. The molecular weight excluding hydrogens is 285 g/mol. The highest BCUT2D eigenvalue weighted by Crippen LogP contribution is 2.29. The summed E-state index contributed by atoms with van der Waals surface area (Å²) in [5.74, 6) is -1.65. The molecule has 0 atom stereocenters. The Kier molecular flexibility index (Phi) is 4.21. The molecule has 2 rings (SSSR count). The Hall–Kier alpha value is -2.84. The van der Waals surface area contributed by atoms with Gasteiger partial charge in [0.2, 0.25) is 5.89 Å². The van der Waals surface area contributed by atoms with E-state index in [-0.39, 0.29) is 35.9 Å². The van der Waals surface area contributed by atoms with Gasteiger partial charge in [-0.1, -0.05) is 0 Å². The molecule has 0 unspecified atom stereocenters. The Bertz CT molecular complexity index is 685. The molecule has 0 fully saturated rings. The van der Waals surface area contributed by atoms with Crippen molar-refractivity contribution in [2.24, 2.45) is 0 Å². The zero-order valence-corrected chi connectivity index (χ0v) is 10.7. The van der Waals surface area contributed by atoms with Crippen molar-refractivity contribution in [3.63, 3.8) is 0 Å². The number of carbonyl (C=O) groups is 1. The number of nitro benzene ring substituents is 1. The molecule has 1 N–H and O–H groups in total. The smallest absolute Gasteiger partial charge is 0.303 e. The molecule has 1 aromatic carbocycles. The van der Waals surface area contributed by atoms with Crippen LogP contribution in [0.3, 0.4) is 0 Å². The zero-order valence-electron chi connectivity index (χ0n) is 10.7. The lowest BCUT2D eigenvalue weighted by atomic mass is 10.2. The molecule has 0 aliphatic carbocycles. The average Bonchev–Trinajstić information content (AvgIpc) is 2.86. The van der Waals surface area contributed by atoms with Gasteiger partial charge in [-0.3, -0.25) is 14.9 Å². The van der Waals surface area contributed by atoms with Gasteiger partial charge >= 0.3 is 5.97 Å². The fraction of sp³-hybridized carbons (Fsp3) is 0.250. The third-order valence-electron chi connectivity index (χ3n) is 2.63. The summed E-state index contributed by atoms with van der Waals surface area (Å²) in [7, 11) is 0. The highest BCUT2D eigenvalue weighted by molar-refractivity contribution is 5.67. The minimum Gasteiger partial charge on any atom is -0.481 e. The molecule has 0 amide bonds. The monoisotopic (exact) mass is 295 g/mol. The van der Waals surface area contributed by atoms with Crippen LogP contribution in [0.4, 0.5) is 10.1 Å². The molecule has 1 heterocycles. The van der Waals surface area contributed by atoms with Gasteiger partial charge in [0.25, 0.3) is 11.6 Å². The molecule has 21 heavy (non-hydrogen) atoms. The summed E-state index contributed by atoms with van der Waals surface area (Å²) in [6.07, 6.45) is 0.461. The predicted octanol–water partition coefficient (Wildman–Crippen LogP) is 2.19. The van der Waals surface area contributed by atoms with E-state index >= 15 is 0 Å². The van der Waals surface area contributed by atoms with Gasteiger partial charge in [-0.2, -0.15) is 0 Å². The fourth-order valence-corrected chi connectivity index (χ4v) is 1.69. The molecule has 2 aromatic rings. The zero-order chi connectivity index (χ0) is 15.4. The first kappa shape index (κ1) is 14.6. The summed E-state index contributed by atoms with van der Waals surface area (Å²) in [5, 5.41) is 26.7. The van der Waals surface area contributed by atoms with E-state index < -0.39 is 16.7 Å². The molecule has 0 radical (unpaired) electrons. The number of rotatable bonds is 6. The average molecular weight is 295 g/mol. The first-order valence-corrected chi connectivity index (χ1v) is 5.96. The van der Waals surface area contributed by atoms with Gasteiger partial charge in [-0.05, 0) is 18.6 Å². The number of nitro groups is 1. The quantitative estimate of drug-likeness (QED) is 0.640. The second-order valence-electron chi connectivity index (χ2n) is 4.17. The maximum atomic E-state index is 13.2. The standard InChI is InChI=1S/C12H10FN3O5/c13-7-4-5-9(16(19)20)8(6-7)12-15-14-10(21-12)2-1-3-11(17)18/h4-6H,1-3H2,(H,17,18). The molecule has 1 aromatic heterocycles. The summed E-state index contributed by atoms with van der Waals surface area (Å²) in [6, 6.07) is 2.91. The molecule has 0 saturated carbocycles. The van der Waals surface area contributed by atoms with E-state index in [1.54, 1.807) is 0 Å². The maximum absolute atomic E-state index is 13.2. The second kappa shape index (κ2) is 6.07. The lowest BCUT2D eigenvalue weighted by Crippen LogP contribution is -1.95. The number of hydrogen-bond donors (Lipinski definition) is 1. The van der Waals surface area contributed by atoms with Crippen LogP contribution in [0.5, 0.6) is 0 Å². The molecule has 0 aliphatic rings. The molecule has 0 spiro atoms. The van der Waals surface area contributed by atoms with Crippen LogP contribution >= 0.6 is 0 Å². The van der Waals surface area contributed by atoms with Crippen molar-refractivity contribution >= 4 is 11.7 Å². The van der Waals surface area contributed by atoms with Crippen LogP contribution in [0.2, 0.25) is 0 Å². The number of hydrogen-bond acceptors (Lipinski definition) is 6. The van der Waals surface area contributed by atoms with Gasteiger partial charge in [0.05, 0.1) is 4.92 Å². The SMILES string of the molecule is O=C(O)CCCc1nnc(-c2cc(F)ccc2[N+](=O)[O-])o1. The Balaban J connectivity index is 2.23. The minimum atomic E-state index is -0.949. The first-order chi connectivity index (χ1) is 9.97. The Morgan fingerprint density at radius 3 is 2.86 bits per heavy atom. The normalized spacial score (nSPS) is 10.5. The van der Waals surface area contributed by atoms with E-state index in [1.165, 1.54) is 0 Å². The van der Waals surface area contributed by atoms with Crippen LogP contribution < -0.4 is 0 Å². The number of carboxylic acid groups (broad SMARTS) is 1. The second-order valence-corrected chi connectivity index (χ2v) is 4.17. The summed E-state index contributed by atoms with van der Waals surface area (Å²) in [5.41, 5.74) is -0.464. The summed E-state index contributed by atoms with van der Waals surface area (Å²) < 4.78 is 18.4. The Labute approximate surface area is 117 Å². The van der Waals surface area contributed by atoms with Crippen molar-refractivity contribution in [2.45, 2.75) is 19.3 Å². The van der Waals surface area contributed by atoms with E-state index in [0.29, 0.717) is 6.42 Å². The molecule has 8 nitrogen and oxygen atoms in total. The molecular formula is C12H10FN3O5. The van der Waals surface area contributed by atoms with Gasteiger partial charge < -0.3 is 9.52 Å². The van der Waals surface area contributed by atoms with Gasteiger partial charge in [0.15, 0.2) is 0 Å². The third-order valence-corrected chi connectivity index (χ3v) is 2.63. The molecule has 0 bridgehead atoms. The van der Waals surface area contributed by atoms with Crippen molar-refractivity contribution in [1.29, 1.82) is 0 Å². The molecule has 9 heteroatoms. The Morgan fingerprint density at radius 1 is 1.43 bits per heavy atom. The number of aromatic nitrogens is 2. The van der Waals surface area contributed by atoms with E-state index in [1.807, 2.05) is 0 Å². The number of benzene rings is 1. The molecule has 110 valence electrons. The van der Waals surface area contributed by atoms with Crippen LogP contribution in [0.25, 0.3) is 11.5 Å². The van der Waals surface area contributed by atoms with Gasteiger partial charge in [-0.15, -0.1) is 10.2 Å². The van der Waals surface area contributed by atoms with Crippen LogP contribution in [-0.2, 0) is 11.2 Å². The van der Waals surface area contributed by atoms with Crippen LogP contribution in [0, 0.1) is 15.9 Å². The highest BCUT2D eigenvalue weighted by Gasteiger charge is 2.21. The predicted molar refractivity (Wildman–Crippen MR) is 66.9 cm³/mol. The lowest BCUT2D eigenvalue weighted by Gasteiger charge is -1.98. The van der Waals surface area contributed by atoms with Crippen molar-refractivity contribution in [3.05, 3.63) is 40.0 Å². The summed E-state index contributed by atoms with van der Waals surface area (Å²) in [6.45, 7) is 0. The van der Waals surface area contributed by atoms with Gasteiger partial charge in [0, 0.05) is 18.9 Å². The number of halogens is 1. The largest absolute Gasteiger partial charge is 0.481 e. The van der Waals surface area contributed by atoms with E-state index in [0.717, 1.165) is 18.2 Å². The van der Waals surface area contributed by atoms with Gasteiger partial charge in [0.1, 0.15) is 11.4 Å². The molecule has 0 aliphatic heterocycles. The first-order valence-electron chi connectivity index (χ1n) is 5.96. The maximum Gasteiger partial charge on any atom is 0.303 e. The fourth-order valence-electron chi connectivity index (χ4n) is 1.69. The third kappa shape index (κ3) is 3.59. The van der Waals surface area contributed by atoms with E-state index in [2.05, 4.69) is 10.2 Å². The summed E-state index contributed by atoms with van der Waals surface area (Å²) >= 11 is 0. The number of nitrogens with zero attached hydrogens (tertiary/aromatic N) is 3. The van der Waals surface area contributed by atoms with Crippen molar-refractivity contribution in [3.8, 4) is 11.5 Å². The number of carboxylic acids is 1. The van der Waals surface area contributed by atoms with Gasteiger partial charge in [-0.25, -0.2) is 4.39 Å². The highest BCUT2D eigenvalue weighted by atomic mass is 19.1. The number of aliphatic carboxylic acids is 1. The van der Waals surface area contributed by atoms with Crippen LogP contribution in [0.1, 0.15) is 18.7 Å². The van der Waals surface area contributed by atoms with Crippen molar-refractivity contribution < 1.29 is 23.6 Å². The lowest BCUT2D eigenvalue weighted by molar-refractivity contribution is -0.384. The topological polar surface area (TPSA) is 119 Å².